The number of rotatable bonds is 4. The van der Waals surface area contributed by atoms with Crippen LogP contribution in [0.3, 0.4) is 0 Å². The van der Waals surface area contributed by atoms with Crippen molar-refractivity contribution in [1.29, 1.82) is 0 Å². The van der Waals surface area contributed by atoms with Crippen molar-refractivity contribution in [3.05, 3.63) is 28.2 Å². The van der Waals surface area contributed by atoms with Gasteiger partial charge in [0, 0.05) is 10.9 Å². The Morgan fingerprint density at radius 1 is 1.39 bits per heavy atom. The zero-order valence-electron chi connectivity index (χ0n) is 11.7. The van der Waals surface area contributed by atoms with E-state index in [-0.39, 0.29) is 11.2 Å². The summed E-state index contributed by atoms with van der Waals surface area (Å²) in [5, 5.41) is 0. The molecule has 0 fully saturated rings. The third-order valence-electron chi connectivity index (χ3n) is 3.43. The average Bonchev–Trinajstić information content (AvgIpc) is 2.27. The van der Waals surface area contributed by atoms with Gasteiger partial charge in [-0.2, -0.15) is 0 Å². The molecule has 0 aliphatic carbocycles. The molecule has 1 atom stereocenters. The van der Waals surface area contributed by atoms with Crippen LogP contribution in [0.25, 0.3) is 0 Å². The number of ether oxygens (including phenoxy) is 1. The number of Topliss-reactive ketones (excluding diaryl/α,β-unsaturated/α-hetero) is 1. The minimum Gasteiger partial charge on any atom is -0.496 e. The van der Waals surface area contributed by atoms with Crippen molar-refractivity contribution < 1.29 is 9.53 Å². The van der Waals surface area contributed by atoms with E-state index < -0.39 is 0 Å². The van der Waals surface area contributed by atoms with Crippen molar-refractivity contribution in [3.63, 3.8) is 0 Å². The zero-order chi connectivity index (χ0) is 13.9. The lowest BCUT2D eigenvalue weighted by Crippen LogP contribution is -2.20. The third-order valence-corrected chi connectivity index (χ3v) is 3.93. The number of ketones is 1. The van der Waals surface area contributed by atoms with Gasteiger partial charge in [-0.05, 0) is 29.5 Å². The van der Waals surface area contributed by atoms with Gasteiger partial charge in [0.2, 0.25) is 0 Å². The molecule has 0 amide bonds. The SMILES string of the molecule is COc1ccc(Br)cc1C(=O)CC(C)C(C)(C)C. The summed E-state index contributed by atoms with van der Waals surface area (Å²) in [6.07, 6.45) is 0.538. The number of hydrogen-bond donors (Lipinski definition) is 0. The third kappa shape index (κ3) is 3.84. The molecule has 1 unspecified atom stereocenters. The quantitative estimate of drug-likeness (QED) is 0.752. The smallest absolute Gasteiger partial charge is 0.166 e. The summed E-state index contributed by atoms with van der Waals surface area (Å²) in [5.74, 6) is 1.11. The molecule has 0 saturated heterocycles. The van der Waals surface area contributed by atoms with Gasteiger partial charge in [-0.15, -0.1) is 0 Å². The Kier molecular flexibility index (Phi) is 4.97. The second-order valence-electron chi connectivity index (χ2n) is 5.74. The van der Waals surface area contributed by atoms with Crippen LogP contribution in [0.4, 0.5) is 0 Å². The fourth-order valence-corrected chi connectivity index (χ4v) is 1.95. The van der Waals surface area contributed by atoms with E-state index in [2.05, 4.69) is 43.6 Å². The van der Waals surface area contributed by atoms with Crippen LogP contribution in [0.1, 0.15) is 44.5 Å². The molecule has 0 N–H and O–H groups in total. The Bertz CT molecular complexity index is 433. The van der Waals surface area contributed by atoms with Gasteiger partial charge in [0.1, 0.15) is 5.75 Å². The standard InChI is InChI=1S/C15H21BrO2/c1-10(15(2,3)4)8-13(17)12-9-11(16)6-7-14(12)18-5/h6-7,9-10H,8H2,1-5H3. The fourth-order valence-electron chi connectivity index (χ4n) is 1.59. The highest BCUT2D eigenvalue weighted by molar-refractivity contribution is 9.10. The number of halogens is 1. The molecular formula is C15H21BrO2. The van der Waals surface area contributed by atoms with E-state index in [0.29, 0.717) is 23.7 Å². The largest absolute Gasteiger partial charge is 0.496 e. The first kappa shape index (κ1) is 15.2. The minimum atomic E-state index is 0.134. The molecule has 0 saturated carbocycles. The van der Waals surface area contributed by atoms with E-state index in [1.54, 1.807) is 7.11 Å². The lowest BCUT2D eigenvalue weighted by atomic mass is 9.78. The maximum atomic E-state index is 12.3. The lowest BCUT2D eigenvalue weighted by molar-refractivity contribution is 0.0924. The molecule has 2 nitrogen and oxygen atoms in total. The molecule has 0 aliphatic rings. The molecule has 0 heterocycles. The van der Waals surface area contributed by atoms with Crippen LogP contribution < -0.4 is 4.74 Å². The number of carbonyl (C=O) groups is 1. The monoisotopic (exact) mass is 312 g/mol. The molecule has 0 aliphatic heterocycles. The Morgan fingerprint density at radius 3 is 2.50 bits per heavy atom. The maximum Gasteiger partial charge on any atom is 0.166 e. The molecule has 0 radical (unpaired) electrons. The van der Waals surface area contributed by atoms with Gasteiger partial charge in [0.15, 0.2) is 5.78 Å². The van der Waals surface area contributed by atoms with Gasteiger partial charge in [0.05, 0.1) is 12.7 Å². The summed E-state index contributed by atoms with van der Waals surface area (Å²) in [4.78, 5) is 12.3. The molecule has 1 rings (SSSR count). The van der Waals surface area contributed by atoms with Crippen LogP contribution in [0, 0.1) is 11.3 Å². The molecule has 100 valence electrons. The van der Waals surface area contributed by atoms with Crippen LogP contribution in [-0.4, -0.2) is 12.9 Å². The van der Waals surface area contributed by atoms with E-state index in [4.69, 9.17) is 4.74 Å². The van der Waals surface area contributed by atoms with Crippen molar-refractivity contribution in [2.24, 2.45) is 11.3 Å². The molecule has 0 aromatic heterocycles. The molecular weight excluding hydrogens is 292 g/mol. The summed E-state index contributed by atoms with van der Waals surface area (Å²) in [5.41, 5.74) is 0.789. The Hall–Kier alpha value is -0.830. The Balaban J connectivity index is 2.94. The molecule has 1 aromatic carbocycles. The van der Waals surface area contributed by atoms with Gasteiger partial charge < -0.3 is 4.74 Å². The number of benzene rings is 1. The van der Waals surface area contributed by atoms with Gasteiger partial charge in [-0.3, -0.25) is 4.79 Å². The van der Waals surface area contributed by atoms with E-state index in [1.165, 1.54) is 0 Å². The zero-order valence-corrected chi connectivity index (χ0v) is 13.3. The van der Waals surface area contributed by atoms with E-state index in [0.717, 1.165) is 4.47 Å². The average molecular weight is 313 g/mol. The summed E-state index contributed by atoms with van der Waals surface area (Å²) in [6.45, 7) is 8.58. The first-order chi connectivity index (χ1) is 8.25. The summed E-state index contributed by atoms with van der Waals surface area (Å²) in [7, 11) is 1.59. The summed E-state index contributed by atoms with van der Waals surface area (Å²) in [6, 6.07) is 5.53. The van der Waals surface area contributed by atoms with E-state index in [9.17, 15) is 4.79 Å². The van der Waals surface area contributed by atoms with Gasteiger partial charge in [-0.25, -0.2) is 0 Å². The van der Waals surface area contributed by atoms with E-state index in [1.807, 2.05) is 18.2 Å². The molecule has 1 aromatic rings. The number of hydrogen-bond acceptors (Lipinski definition) is 2. The van der Waals surface area contributed by atoms with Crippen molar-refractivity contribution >= 4 is 21.7 Å². The maximum absolute atomic E-state index is 12.3. The number of carbonyl (C=O) groups excluding carboxylic acids is 1. The molecule has 3 heteroatoms. The molecule has 0 spiro atoms. The summed E-state index contributed by atoms with van der Waals surface area (Å²) >= 11 is 3.39. The second-order valence-corrected chi connectivity index (χ2v) is 6.65. The van der Waals surface area contributed by atoms with Gasteiger partial charge in [0.25, 0.3) is 0 Å². The van der Waals surface area contributed by atoms with Crippen LogP contribution in [0.15, 0.2) is 22.7 Å². The van der Waals surface area contributed by atoms with Crippen LogP contribution >= 0.6 is 15.9 Å². The highest BCUT2D eigenvalue weighted by atomic mass is 79.9. The van der Waals surface area contributed by atoms with Crippen LogP contribution in [-0.2, 0) is 0 Å². The Morgan fingerprint density at radius 2 is 2.00 bits per heavy atom. The van der Waals surface area contributed by atoms with Crippen molar-refractivity contribution in [2.75, 3.05) is 7.11 Å². The topological polar surface area (TPSA) is 26.3 Å². The minimum absolute atomic E-state index is 0.134. The van der Waals surface area contributed by atoms with Crippen molar-refractivity contribution in [3.8, 4) is 5.75 Å². The van der Waals surface area contributed by atoms with Crippen LogP contribution in [0.2, 0.25) is 0 Å². The molecule has 18 heavy (non-hydrogen) atoms. The van der Waals surface area contributed by atoms with Gasteiger partial charge in [-0.1, -0.05) is 43.6 Å². The predicted molar refractivity (Wildman–Crippen MR) is 78.3 cm³/mol. The second kappa shape index (κ2) is 5.87. The fraction of sp³-hybridized carbons (Fsp3) is 0.533. The Labute approximate surface area is 118 Å². The highest BCUT2D eigenvalue weighted by Gasteiger charge is 2.24. The first-order valence-corrected chi connectivity index (χ1v) is 6.91. The normalized spacial score (nSPS) is 13.2. The number of methoxy groups -OCH3 is 1. The van der Waals surface area contributed by atoms with Crippen molar-refractivity contribution in [1.82, 2.24) is 0 Å². The lowest BCUT2D eigenvalue weighted by Gasteiger charge is -2.26. The van der Waals surface area contributed by atoms with Crippen molar-refractivity contribution in [2.45, 2.75) is 34.1 Å². The molecule has 0 bridgehead atoms. The summed E-state index contributed by atoms with van der Waals surface area (Å²) < 4.78 is 6.15. The van der Waals surface area contributed by atoms with E-state index >= 15 is 0 Å². The van der Waals surface area contributed by atoms with Gasteiger partial charge >= 0.3 is 0 Å². The van der Waals surface area contributed by atoms with Crippen LogP contribution in [0.5, 0.6) is 5.75 Å². The first-order valence-electron chi connectivity index (χ1n) is 6.12. The predicted octanol–water partition coefficient (Wildman–Crippen LogP) is 4.71. The highest BCUT2D eigenvalue weighted by Crippen LogP contribution is 2.31.